The van der Waals surface area contributed by atoms with Crippen LogP contribution in [0.5, 0.6) is 0 Å². The third kappa shape index (κ3) is 1.85. The van der Waals surface area contributed by atoms with Crippen LogP contribution in [0.15, 0.2) is 41.3 Å². The Balaban J connectivity index is 2.22. The second kappa shape index (κ2) is 3.96. The first-order chi connectivity index (χ1) is 8.24. The number of H-pyrrole nitrogens is 1. The summed E-state index contributed by atoms with van der Waals surface area (Å²) in [6.45, 7) is 2.08. The summed E-state index contributed by atoms with van der Waals surface area (Å²) in [4.78, 5) is 11.8. The molecule has 0 amide bonds. The van der Waals surface area contributed by atoms with Crippen molar-refractivity contribution < 1.29 is 0 Å². The Morgan fingerprint density at radius 1 is 1.24 bits per heavy atom. The smallest absolute Gasteiger partial charge is 0.137 e. The molecule has 0 fully saturated rings. The minimum atomic E-state index is 0.895. The Hall–Kier alpha value is -1.68. The van der Waals surface area contributed by atoms with Gasteiger partial charge in [-0.2, -0.15) is 0 Å². The lowest BCUT2D eigenvalue weighted by Gasteiger charge is -2.00. The van der Waals surface area contributed by atoms with Gasteiger partial charge >= 0.3 is 0 Å². The molecular weight excluding hydrogens is 278 g/mol. The first kappa shape index (κ1) is 10.5. The predicted octanol–water partition coefficient (Wildman–Crippen LogP) is 3.70. The van der Waals surface area contributed by atoms with E-state index in [-0.39, 0.29) is 0 Å². The predicted molar refractivity (Wildman–Crippen MR) is 71.8 cm³/mol. The number of rotatable bonds is 1. The molecule has 0 atom stereocenters. The van der Waals surface area contributed by atoms with Crippen LogP contribution in [-0.2, 0) is 0 Å². The molecule has 3 aromatic heterocycles. The number of nitrogens with zero attached hydrogens (tertiary/aromatic N) is 2. The Morgan fingerprint density at radius 2 is 2.12 bits per heavy atom. The van der Waals surface area contributed by atoms with Crippen molar-refractivity contribution in [2.24, 2.45) is 0 Å². The summed E-state index contributed by atoms with van der Waals surface area (Å²) in [7, 11) is 0. The van der Waals surface area contributed by atoms with Crippen LogP contribution in [0.4, 0.5) is 0 Å². The molecule has 84 valence electrons. The Bertz CT molecular complexity index is 688. The van der Waals surface area contributed by atoms with Gasteiger partial charge < -0.3 is 4.98 Å². The minimum absolute atomic E-state index is 0.895. The summed E-state index contributed by atoms with van der Waals surface area (Å²) < 4.78 is 0.985. The highest BCUT2D eigenvalue weighted by atomic mass is 79.9. The standard InChI is InChI=1S/C13H10BrN3/c1-8-2-3-15-7-11(8)12-5-9-4-10(14)6-16-13(9)17-12/h2-7H,1H3,(H,16,17). The molecule has 1 N–H and O–H groups in total. The number of hydrogen-bond acceptors (Lipinski definition) is 2. The molecule has 0 saturated carbocycles. The fourth-order valence-corrected chi connectivity index (χ4v) is 2.23. The average molecular weight is 288 g/mol. The molecule has 0 radical (unpaired) electrons. The number of nitrogens with one attached hydrogen (secondary N) is 1. The highest BCUT2D eigenvalue weighted by Crippen LogP contribution is 2.26. The lowest BCUT2D eigenvalue weighted by molar-refractivity contribution is 1.26. The van der Waals surface area contributed by atoms with Gasteiger partial charge in [-0.1, -0.05) is 0 Å². The van der Waals surface area contributed by atoms with E-state index in [0.29, 0.717) is 0 Å². The molecule has 3 rings (SSSR count). The van der Waals surface area contributed by atoms with Gasteiger partial charge in [-0.15, -0.1) is 0 Å². The van der Waals surface area contributed by atoms with E-state index in [9.17, 15) is 0 Å². The molecule has 0 aliphatic heterocycles. The summed E-state index contributed by atoms with van der Waals surface area (Å²) in [6.07, 6.45) is 5.46. The second-order valence-corrected chi connectivity index (χ2v) is 4.88. The van der Waals surface area contributed by atoms with E-state index >= 15 is 0 Å². The molecule has 0 spiro atoms. The summed E-state index contributed by atoms with van der Waals surface area (Å²) in [5.74, 6) is 0. The second-order valence-electron chi connectivity index (χ2n) is 3.96. The monoisotopic (exact) mass is 287 g/mol. The third-order valence-corrected chi connectivity index (χ3v) is 3.20. The molecule has 0 bridgehead atoms. The lowest BCUT2D eigenvalue weighted by atomic mass is 10.1. The summed E-state index contributed by atoms with van der Waals surface area (Å²) in [5, 5.41) is 1.10. The summed E-state index contributed by atoms with van der Waals surface area (Å²) in [5.41, 5.74) is 4.26. The number of fused-ring (bicyclic) bond motifs is 1. The van der Waals surface area contributed by atoms with Gasteiger partial charge in [0.15, 0.2) is 0 Å². The fourth-order valence-electron chi connectivity index (χ4n) is 1.88. The van der Waals surface area contributed by atoms with Crippen LogP contribution in [0.2, 0.25) is 0 Å². The van der Waals surface area contributed by atoms with Crippen LogP contribution in [0.3, 0.4) is 0 Å². The van der Waals surface area contributed by atoms with Gasteiger partial charge in [0, 0.05) is 39.7 Å². The highest BCUT2D eigenvalue weighted by molar-refractivity contribution is 9.10. The topological polar surface area (TPSA) is 41.6 Å². The van der Waals surface area contributed by atoms with E-state index in [2.05, 4.69) is 43.9 Å². The van der Waals surface area contributed by atoms with Gasteiger partial charge in [0.1, 0.15) is 5.65 Å². The largest absolute Gasteiger partial charge is 0.339 e. The van der Waals surface area contributed by atoms with Gasteiger partial charge in [-0.25, -0.2) is 4.98 Å². The van der Waals surface area contributed by atoms with E-state index in [4.69, 9.17) is 0 Å². The number of pyridine rings is 2. The van der Waals surface area contributed by atoms with E-state index in [1.165, 1.54) is 5.56 Å². The Labute approximate surface area is 107 Å². The summed E-state index contributed by atoms with van der Waals surface area (Å²) >= 11 is 3.42. The van der Waals surface area contributed by atoms with Crippen molar-refractivity contribution in [3.8, 4) is 11.3 Å². The molecule has 3 nitrogen and oxygen atoms in total. The maximum atomic E-state index is 4.33. The van der Waals surface area contributed by atoms with Crippen LogP contribution < -0.4 is 0 Å². The first-order valence-electron chi connectivity index (χ1n) is 5.29. The van der Waals surface area contributed by atoms with Crippen molar-refractivity contribution in [1.82, 2.24) is 15.0 Å². The molecule has 3 heterocycles. The third-order valence-electron chi connectivity index (χ3n) is 2.77. The fraction of sp³-hybridized carbons (Fsp3) is 0.0769. The summed E-state index contributed by atoms with van der Waals surface area (Å²) in [6, 6.07) is 6.15. The van der Waals surface area contributed by atoms with Crippen molar-refractivity contribution in [2.75, 3.05) is 0 Å². The van der Waals surface area contributed by atoms with Gasteiger partial charge in [0.2, 0.25) is 0 Å². The molecule has 0 aliphatic carbocycles. The van der Waals surface area contributed by atoms with Crippen molar-refractivity contribution >= 4 is 27.0 Å². The first-order valence-corrected chi connectivity index (χ1v) is 6.08. The average Bonchev–Trinajstić information content (AvgIpc) is 2.72. The van der Waals surface area contributed by atoms with Crippen LogP contribution in [0, 0.1) is 6.92 Å². The molecule has 3 aromatic rings. The number of halogens is 1. The van der Waals surface area contributed by atoms with Crippen molar-refractivity contribution in [3.63, 3.8) is 0 Å². The van der Waals surface area contributed by atoms with E-state index in [1.54, 1.807) is 12.4 Å². The van der Waals surface area contributed by atoms with Crippen LogP contribution >= 0.6 is 15.9 Å². The SMILES string of the molecule is Cc1ccncc1-c1cc2cc(Br)cnc2[nH]1. The molecule has 0 unspecified atom stereocenters. The van der Waals surface area contributed by atoms with E-state index < -0.39 is 0 Å². The van der Waals surface area contributed by atoms with Gasteiger partial charge in [0.25, 0.3) is 0 Å². The van der Waals surface area contributed by atoms with Gasteiger partial charge in [-0.3, -0.25) is 4.98 Å². The molecular formula is C13H10BrN3. The Kier molecular flexibility index (Phi) is 2.44. The normalized spacial score (nSPS) is 10.9. The number of aromatic nitrogens is 3. The minimum Gasteiger partial charge on any atom is -0.339 e. The van der Waals surface area contributed by atoms with Crippen LogP contribution in [0.25, 0.3) is 22.3 Å². The number of hydrogen-bond donors (Lipinski definition) is 1. The zero-order valence-corrected chi connectivity index (χ0v) is 10.8. The maximum absolute atomic E-state index is 4.33. The zero-order valence-electron chi connectivity index (χ0n) is 9.24. The van der Waals surface area contributed by atoms with E-state index in [1.807, 2.05) is 18.3 Å². The van der Waals surface area contributed by atoms with Crippen LogP contribution in [-0.4, -0.2) is 15.0 Å². The van der Waals surface area contributed by atoms with Crippen molar-refractivity contribution in [1.29, 1.82) is 0 Å². The van der Waals surface area contributed by atoms with Gasteiger partial charge in [0.05, 0.1) is 0 Å². The Morgan fingerprint density at radius 3 is 2.94 bits per heavy atom. The van der Waals surface area contributed by atoms with Crippen molar-refractivity contribution in [2.45, 2.75) is 6.92 Å². The molecule has 0 aliphatic rings. The quantitative estimate of drug-likeness (QED) is 0.742. The molecule has 0 saturated heterocycles. The molecule has 0 aromatic carbocycles. The van der Waals surface area contributed by atoms with Gasteiger partial charge in [-0.05, 0) is 46.6 Å². The number of aromatic amines is 1. The molecule has 4 heteroatoms. The highest BCUT2D eigenvalue weighted by Gasteiger charge is 2.06. The zero-order chi connectivity index (χ0) is 11.8. The maximum Gasteiger partial charge on any atom is 0.137 e. The van der Waals surface area contributed by atoms with Crippen molar-refractivity contribution in [3.05, 3.63) is 46.8 Å². The van der Waals surface area contributed by atoms with E-state index in [0.717, 1.165) is 26.8 Å². The number of aryl methyl sites for hydroxylation is 1. The molecule has 17 heavy (non-hydrogen) atoms. The lowest BCUT2D eigenvalue weighted by Crippen LogP contribution is -1.84. The van der Waals surface area contributed by atoms with Crippen LogP contribution in [0.1, 0.15) is 5.56 Å².